The molecule has 1 aromatic heterocycles. The van der Waals surface area contributed by atoms with E-state index in [1.807, 2.05) is 0 Å². The van der Waals surface area contributed by atoms with Gasteiger partial charge < -0.3 is 19.3 Å². The zero-order chi connectivity index (χ0) is 19.5. The number of halogens is 2. The van der Waals surface area contributed by atoms with Crippen molar-refractivity contribution in [2.75, 3.05) is 24.6 Å². The zero-order valence-electron chi connectivity index (χ0n) is 15.1. The maximum Gasteiger partial charge on any atom is 0.343 e. The number of pyridine rings is 1. The van der Waals surface area contributed by atoms with Crippen LogP contribution in [0.1, 0.15) is 43.1 Å². The maximum atomic E-state index is 15.3. The van der Waals surface area contributed by atoms with Gasteiger partial charge in [0.25, 0.3) is 0 Å². The van der Waals surface area contributed by atoms with Crippen LogP contribution in [0.2, 0.25) is 0 Å². The number of ether oxygens (including phenoxy) is 1. The molecule has 0 atom stereocenters. The summed E-state index contributed by atoms with van der Waals surface area (Å²) in [5.74, 6) is -2.54. The quantitative estimate of drug-likeness (QED) is 0.827. The van der Waals surface area contributed by atoms with Gasteiger partial charge in [0.05, 0.1) is 23.1 Å². The molecule has 0 amide bonds. The van der Waals surface area contributed by atoms with Crippen molar-refractivity contribution >= 4 is 22.6 Å². The van der Waals surface area contributed by atoms with Crippen LogP contribution in [0.15, 0.2) is 17.1 Å². The topological polar surface area (TPSA) is 71.8 Å². The number of hydrogen-bond acceptors (Lipinski definition) is 5. The van der Waals surface area contributed by atoms with Crippen molar-refractivity contribution in [2.45, 2.75) is 38.3 Å². The molecule has 2 aromatic rings. The fourth-order valence-corrected chi connectivity index (χ4v) is 3.65. The Hall–Kier alpha value is -2.48. The summed E-state index contributed by atoms with van der Waals surface area (Å²) in [4.78, 5) is 26.2. The fourth-order valence-electron chi connectivity index (χ4n) is 3.65. The Morgan fingerprint density at radius 3 is 2.59 bits per heavy atom. The molecule has 2 aliphatic rings. The molecule has 0 radical (unpaired) electrons. The summed E-state index contributed by atoms with van der Waals surface area (Å²) >= 11 is 0. The lowest BCUT2D eigenvalue weighted by Gasteiger charge is -2.45. The van der Waals surface area contributed by atoms with Gasteiger partial charge >= 0.3 is 5.97 Å². The van der Waals surface area contributed by atoms with E-state index in [9.17, 15) is 19.1 Å². The molecular formula is C19H20F2N2O4. The van der Waals surface area contributed by atoms with Gasteiger partial charge in [-0.3, -0.25) is 4.79 Å². The number of anilines is 1. The molecule has 1 saturated carbocycles. The van der Waals surface area contributed by atoms with E-state index in [-0.39, 0.29) is 47.9 Å². The van der Waals surface area contributed by atoms with Crippen molar-refractivity contribution in [3.8, 4) is 0 Å². The van der Waals surface area contributed by atoms with Crippen LogP contribution in [0, 0.1) is 11.6 Å². The molecular weight excluding hydrogens is 358 g/mol. The van der Waals surface area contributed by atoms with Gasteiger partial charge in [-0.15, -0.1) is 0 Å². The van der Waals surface area contributed by atoms with Gasteiger partial charge in [-0.05, 0) is 32.8 Å². The SMILES string of the molecule is CCOC(=O)c1cn(C2CC2)c2c(F)c(N3CC(C)(O)C3)c(F)cc2c1=O. The highest BCUT2D eigenvalue weighted by atomic mass is 19.1. The third-order valence-electron chi connectivity index (χ3n) is 5.00. The first-order valence-electron chi connectivity index (χ1n) is 8.95. The van der Waals surface area contributed by atoms with Crippen LogP contribution in [-0.4, -0.2) is 40.9 Å². The van der Waals surface area contributed by atoms with E-state index >= 15 is 4.39 Å². The number of esters is 1. The van der Waals surface area contributed by atoms with Gasteiger partial charge in [0.15, 0.2) is 5.82 Å². The number of β-amino-alcohol motifs (C(OH)–C–C–N with tert-alkyl or cyclic N) is 1. The van der Waals surface area contributed by atoms with Crippen molar-refractivity contribution in [2.24, 2.45) is 0 Å². The first-order valence-corrected chi connectivity index (χ1v) is 8.95. The van der Waals surface area contributed by atoms with Crippen LogP contribution < -0.4 is 10.3 Å². The smallest absolute Gasteiger partial charge is 0.343 e. The largest absolute Gasteiger partial charge is 0.462 e. The monoisotopic (exact) mass is 378 g/mol. The summed E-state index contributed by atoms with van der Waals surface area (Å²) in [6.07, 6.45) is 2.88. The minimum atomic E-state index is -1.00. The third kappa shape index (κ3) is 2.88. The molecule has 1 aromatic carbocycles. The fraction of sp³-hybridized carbons (Fsp3) is 0.474. The maximum absolute atomic E-state index is 15.3. The van der Waals surface area contributed by atoms with Crippen LogP contribution in [-0.2, 0) is 4.74 Å². The number of rotatable bonds is 4. The van der Waals surface area contributed by atoms with Crippen LogP contribution in [0.5, 0.6) is 0 Å². The summed E-state index contributed by atoms with van der Waals surface area (Å²) in [6.45, 7) is 3.50. The number of carbonyl (C=O) groups is 1. The molecule has 27 heavy (non-hydrogen) atoms. The van der Waals surface area contributed by atoms with Crippen molar-refractivity contribution in [3.63, 3.8) is 0 Å². The number of fused-ring (bicyclic) bond motifs is 1. The van der Waals surface area contributed by atoms with Crippen LogP contribution >= 0.6 is 0 Å². The molecule has 0 unspecified atom stereocenters. The van der Waals surface area contributed by atoms with Crippen molar-refractivity contribution in [1.82, 2.24) is 4.57 Å². The Kier molecular flexibility index (Phi) is 3.99. The minimum absolute atomic E-state index is 0.0153. The predicted molar refractivity (Wildman–Crippen MR) is 95.2 cm³/mol. The lowest BCUT2D eigenvalue weighted by molar-refractivity contribution is 0.0302. The number of nitrogens with zero attached hydrogens (tertiary/aromatic N) is 2. The van der Waals surface area contributed by atoms with Gasteiger partial charge in [0, 0.05) is 25.3 Å². The number of aromatic nitrogens is 1. The van der Waals surface area contributed by atoms with Crippen LogP contribution in [0.25, 0.3) is 10.9 Å². The van der Waals surface area contributed by atoms with Gasteiger partial charge in [-0.25, -0.2) is 13.6 Å². The molecule has 0 spiro atoms. The molecule has 4 rings (SSSR count). The normalized spacial score (nSPS) is 18.5. The first kappa shape index (κ1) is 17.9. The van der Waals surface area contributed by atoms with Crippen LogP contribution in [0.4, 0.5) is 14.5 Å². The Morgan fingerprint density at radius 2 is 2.04 bits per heavy atom. The summed E-state index contributed by atoms with van der Waals surface area (Å²) in [5, 5.41) is 9.71. The molecule has 1 aliphatic carbocycles. The number of aliphatic hydroxyl groups is 1. The van der Waals surface area contributed by atoms with Gasteiger partial charge in [-0.1, -0.05) is 0 Å². The molecule has 2 heterocycles. The lowest BCUT2D eigenvalue weighted by Crippen LogP contribution is -2.60. The summed E-state index contributed by atoms with van der Waals surface area (Å²) in [5.41, 5.74) is -2.25. The van der Waals surface area contributed by atoms with E-state index < -0.39 is 28.6 Å². The van der Waals surface area contributed by atoms with Crippen molar-refractivity contribution in [1.29, 1.82) is 0 Å². The molecule has 1 N–H and O–H groups in total. The van der Waals surface area contributed by atoms with E-state index in [4.69, 9.17) is 4.74 Å². The van der Waals surface area contributed by atoms with Gasteiger partial charge in [0.1, 0.15) is 17.1 Å². The summed E-state index contributed by atoms with van der Waals surface area (Å²) < 4.78 is 36.5. The second kappa shape index (κ2) is 6.02. The van der Waals surface area contributed by atoms with Gasteiger partial charge in [0.2, 0.25) is 5.43 Å². The van der Waals surface area contributed by atoms with E-state index in [0.29, 0.717) is 0 Å². The lowest BCUT2D eigenvalue weighted by atomic mass is 9.95. The highest BCUT2D eigenvalue weighted by Crippen LogP contribution is 2.40. The molecule has 1 saturated heterocycles. The number of benzene rings is 1. The first-order chi connectivity index (χ1) is 12.7. The standard InChI is InChI=1S/C19H20F2N2O4/c1-3-27-18(25)12-7-23(10-4-5-10)15-11(17(12)24)6-13(20)16(14(15)21)22-8-19(2,26)9-22/h6-7,10,26H,3-5,8-9H2,1-2H3. The third-order valence-corrected chi connectivity index (χ3v) is 5.00. The molecule has 2 fully saturated rings. The molecule has 6 nitrogen and oxygen atoms in total. The summed E-state index contributed by atoms with van der Waals surface area (Å²) in [7, 11) is 0. The summed E-state index contributed by atoms with van der Waals surface area (Å²) in [6, 6.07) is 0.929. The van der Waals surface area contributed by atoms with E-state index in [1.165, 1.54) is 11.1 Å². The second-order valence-corrected chi connectivity index (χ2v) is 7.50. The predicted octanol–water partition coefficient (Wildman–Crippen LogP) is 2.36. The Labute approximate surface area is 154 Å². The highest BCUT2D eigenvalue weighted by molar-refractivity contribution is 5.95. The van der Waals surface area contributed by atoms with Crippen LogP contribution in [0.3, 0.4) is 0 Å². The molecule has 144 valence electrons. The van der Waals surface area contributed by atoms with Crippen molar-refractivity contribution < 1.29 is 23.4 Å². The second-order valence-electron chi connectivity index (χ2n) is 7.50. The minimum Gasteiger partial charge on any atom is -0.462 e. The Morgan fingerprint density at radius 1 is 1.37 bits per heavy atom. The number of carbonyl (C=O) groups excluding carboxylic acids is 1. The van der Waals surface area contributed by atoms with Crippen molar-refractivity contribution in [3.05, 3.63) is 39.7 Å². The van der Waals surface area contributed by atoms with E-state index in [1.54, 1.807) is 18.4 Å². The zero-order valence-corrected chi connectivity index (χ0v) is 15.1. The van der Waals surface area contributed by atoms with Gasteiger partial charge in [-0.2, -0.15) is 0 Å². The Bertz CT molecular complexity index is 1000. The average Bonchev–Trinajstić information content (AvgIpc) is 3.39. The Balaban J connectivity index is 1.95. The molecule has 0 bridgehead atoms. The van der Waals surface area contributed by atoms with E-state index in [2.05, 4.69) is 0 Å². The van der Waals surface area contributed by atoms with E-state index in [0.717, 1.165) is 18.9 Å². The average molecular weight is 378 g/mol. The molecule has 8 heteroatoms. The highest BCUT2D eigenvalue weighted by Gasteiger charge is 2.40. The number of hydrogen-bond donors (Lipinski definition) is 1. The molecule has 1 aliphatic heterocycles.